The highest BCUT2D eigenvalue weighted by molar-refractivity contribution is 5.95. The van der Waals surface area contributed by atoms with Crippen LogP contribution in [0.4, 0.5) is 4.79 Å². The van der Waals surface area contributed by atoms with Gasteiger partial charge in [-0.15, -0.1) is 0 Å². The number of ether oxygens (including phenoxy) is 3. The molecule has 1 heterocycles. The number of ketones is 1. The monoisotopic (exact) mass is 483 g/mol. The van der Waals surface area contributed by atoms with E-state index in [0.29, 0.717) is 25.1 Å². The van der Waals surface area contributed by atoms with Gasteiger partial charge in [0, 0.05) is 19.4 Å². The van der Waals surface area contributed by atoms with Gasteiger partial charge in [0.25, 0.3) is 0 Å². The molecule has 8 heteroatoms. The number of likely N-dealkylation sites (tertiary alicyclic amines) is 1. The van der Waals surface area contributed by atoms with Crippen molar-refractivity contribution in [2.24, 2.45) is 5.92 Å². The van der Waals surface area contributed by atoms with E-state index in [4.69, 9.17) is 14.2 Å². The van der Waals surface area contributed by atoms with Crippen LogP contribution in [-0.2, 0) is 32.1 Å². The molecule has 0 aromatic heterocycles. The largest absolute Gasteiger partial charge is 0.497 e. The van der Waals surface area contributed by atoms with Crippen molar-refractivity contribution in [2.75, 3.05) is 20.8 Å². The Morgan fingerprint density at radius 1 is 1.03 bits per heavy atom. The van der Waals surface area contributed by atoms with Gasteiger partial charge in [0.1, 0.15) is 17.9 Å². The normalized spacial score (nSPS) is 19.0. The summed E-state index contributed by atoms with van der Waals surface area (Å²) in [5, 5.41) is 10.1. The quantitative estimate of drug-likeness (QED) is 0.516. The molecule has 1 amide bonds. The van der Waals surface area contributed by atoms with Crippen LogP contribution in [0.2, 0.25) is 0 Å². The van der Waals surface area contributed by atoms with E-state index >= 15 is 0 Å². The van der Waals surface area contributed by atoms with E-state index in [1.807, 2.05) is 42.5 Å². The van der Waals surface area contributed by atoms with Gasteiger partial charge in [0.2, 0.25) is 0 Å². The highest BCUT2D eigenvalue weighted by Crippen LogP contribution is 2.37. The van der Waals surface area contributed by atoms with Crippen LogP contribution >= 0.6 is 0 Å². The summed E-state index contributed by atoms with van der Waals surface area (Å²) in [7, 11) is 2.79. The highest BCUT2D eigenvalue weighted by atomic mass is 16.6. The first-order chi connectivity index (χ1) is 16.8. The summed E-state index contributed by atoms with van der Waals surface area (Å²) in [6.45, 7) is 1.89. The van der Waals surface area contributed by atoms with E-state index in [1.165, 1.54) is 18.9 Å². The number of benzene rings is 2. The highest BCUT2D eigenvalue weighted by Gasteiger charge is 2.51. The summed E-state index contributed by atoms with van der Waals surface area (Å²) in [5.74, 6) is -1.31. The van der Waals surface area contributed by atoms with Crippen molar-refractivity contribution in [3.63, 3.8) is 0 Å². The number of amides is 1. The van der Waals surface area contributed by atoms with Gasteiger partial charge in [0.05, 0.1) is 26.2 Å². The Balaban J connectivity index is 1.89. The standard InChI is InChI=1S/C27H33NO7/c1-19(29)23(25(31)34-3)16-24(30)27(17-20-10-12-22(33-2)13-11-20)14-7-15-28(27)26(32)35-18-21-8-5-4-6-9-21/h4-6,8-13,19,23,29H,7,14-18H2,1-3H3/t19-,23+,27+/m0/s1. The Bertz CT molecular complexity index is 1010. The maximum absolute atomic E-state index is 13.8. The lowest BCUT2D eigenvalue weighted by Crippen LogP contribution is -2.55. The Hall–Kier alpha value is -3.39. The predicted molar refractivity (Wildman–Crippen MR) is 129 cm³/mol. The van der Waals surface area contributed by atoms with Crippen molar-refractivity contribution in [1.82, 2.24) is 4.90 Å². The Morgan fingerprint density at radius 3 is 2.31 bits per heavy atom. The van der Waals surface area contributed by atoms with Gasteiger partial charge in [-0.05, 0) is 43.0 Å². The minimum atomic E-state index is -1.20. The summed E-state index contributed by atoms with van der Waals surface area (Å²) < 4.78 is 15.6. The molecule has 0 unspecified atom stereocenters. The maximum Gasteiger partial charge on any atom is 0.410 e. The van der Waals surface area contributed by atoms with Crippen LogP contribution in [0, 0.1) is 5.92 Å². The molecule has 0 saturated carbocycles. The summed E-state index contributed by atoms with van der Waals surface area (Å²) in [4.78, 5) is 40.8. The van der Waals surface area contributed by atoms with Crippen LogP contribution in [0.15, 0.2) is 54.6 Å². The molecule has 0 spiro atoms. The molecule has 3 rings (SSSR count). The number of hydrogen-bond donors (Lipinski definition) is 1. The molecule has 1 fully saturated rings. The van der Waals surface area contributed by atoms with Crippen molar-refractivity contribution >= 4 is 17.8 Å². The molecular weight excluding hydrogens is 450 g/mol. The second kappa shape index (κ2) is 11.8. The molecule has 0 bridgehead atoms. The van der Waals surface area contributed by atoms with Crippen LogP contribution in [0.25, 0.3) is 0 Å². The summed E-state index contributed by atoms with van der Waals surface area (Å²) >= 11 is 0. The van der Waals surface area contributed by atoms with Crippen LogP contribution in [-0.4, -0.2) is 60.3 Å². The lowest BCUT2D eigenvalue weighted by molar-refractivity contribution is -0.152. The van der Waals surface area contributed by atoms with Gasteiger partial charge in [-0.25, -0.2) is 4.79 Å². The van der Waals surface area contributed by atoms with Crippen molar-refractivity contribution < 1.29 is 33.7 Å². The van der Waals surface area contributed by atoms with Gasteiger partial charge in [-0.3, -0.25) is 14.5 Å². The van der Waals surface area contributed by atoms with Crippen molar-refractivity contribution in [3.05, 3.63) is 65.7 Å². The molecule has 1 aliphatic heterocycles. The van der Waals surface area contributed by atoms with Crippen molar-refractivity contribution in [3.8, 4) is 5.75 Å². The number of carbonyl (C=O) groups excluding carboxylic acids is 3. The molecule has 0 radical (unpaired) electrons. The zero-order valence-corrected chi connectivity index (χ0v) is 20.4. The number of esters is 1. The number of aliphatic hydroxyl groups excluding tert-OH is 1. The Morgan fingerprint density at radius 2 is 1.71 bits per heavy atom. The minimum Gasteiger partial charge on any atom is -0.497 e. The van der Waals surface area contributed by atoms with Crippen LogP contribution in [0.3, 0.4) is 0 Å². The lowest BCUT2D eigenvalue weighted by atomic mass is 9.79. The Labute approximate surface area is 205 Å². The molecule has 1 saturated heterocycles. The second-order valence-electron chi connectivity index (χ2n) is 8.85. The van der Waals surface area contributed by atoms with E-state index in [2.05, 4.69) is 0 Å². The third-order valence-electron chi connectivity index (χ3n) is 6.58. The zero-order chi connectivity index (χ0) is 25.4. The number of hydrogen-bond acceptors (Lipinski definition) is 7. The summed E-state index contributed by atoms with van der Waals surface area (Å²) in [6, 6.07) is 16.6. The van der Waals surface area contributed by atoms with E-state index in [9.17, 15) is 19.5 Å². The zero-order valence-electron chi connectivity index (χ0n) is 20.4. The summed E-state index contributed by atoms with van der Waals surface area (Å²) in [5.41, 5.74) is 0.476. The molecule has 1 N–H and O–H groups in total. The van der Waals surface area contributed by atoms with Gasteiger partial charge >= 0.3 is 12.1 Å². The number of rotatable bonds is 10. The van der Waals surface area contributed by atoms with Gasteiger partial charge < -0.3 is 19.3 Å². The molecule has 35 heavy (non-hydrogen) atoms. The SMILES string of the molecule is COC(=O)[C@H](CC(=O)[C@]1(Cc2ccc(OC)cc2)CCCN1C(=O)OCc1ccccc1)[C@H](C)O. The van der Waals surface area contributed by atoms with Gasteiger partial charge in [-0.2, -0.15) is 0 Å². The molecule has 188 valence electrons. The van der Waals surface area contributed by atoms with Gasteiger partial charge in [0.15, 0.2) is 5.78 Å². The van der Waals surface area contributed by atoms with Crippen LogP contribution < -0.4 is 4.74 Å². The fraction of sp³-hybridized carbons (Fsp3) is 0.444. The first-order valence-electron chi connectivity index (χ1n) is 11.7. The first-order valence-corrected chi connectivity index (χ1v) is 11.7. The molecule has 1 aliphatic rings. The average molecular weight is 484 g/mol. The van der Waals surface area contributed by atoms with E-state index in [0.717, 1.165) is 11.1 Å². The second-order valence-corrected chi connectivity index (χ2v) is 8.85. The van der Waals surface area contributed by atoms with Crippen LogP contribution in [0.1, 0.15) is 37.3 Å². The topological polar surface area (TPSA) is 102 Å². The lowest BCUT2D eigenvalue weighted by Gasteiger charge is -2.37. The smallest absolute Gasteiger partial charge is 0.410 e. The van der Waals surface area contributed by atoms with Gasteiger partial charge in [-0.1, -0.05) is 42.5 Å². The van der Waals surface area contributed by atoms with E-state index < -0.39 is 29.6 Å². The average Bonchev–Trinajstić information content (AvgIpc) is 3.30. The van der Waals surface area contributed by atoms with E-state index in [-0.39, 0.29) is 25.2 Å². The molecule has 2 aromatic carbocycles. The third kappa shape index (κ3) is 6.19. The van der Waals surface area contributed by atoms with Crippen molar-refractivity contribution in [2.45, 2.75) is 50.9 Å². The van der Waals surface area contributed by atoms with E-state index in [1.54, 1.807) is 19.2 Å². The number of carbonyl (C=O) groups is 3. The van der Waals surface area contributed by atoms with Crippen LogP contribution in [0.5, 0.6) is 5.75 Å². The maximum atomic E-state index is 13.8. The number of methoxy groups -OCH3 is 2. The summed E-state index contributed by atoms with van der Waals surface area (Å²) in [6.07, 6.45) is -0.622. The third-order valence-corrected chi connectivity index (χ3v) is 6.58. The molecular formula is C27H33NO7. The molecule has 8 nitrogen and oxygen atoms in total. The fourth-order valence-corrected chi connectivity index (χ4v) is 4.59. The predicted octanol–water partition coefficient (Wildman–Crippen LogP) is 3.54. The van der Waals surface area contributed by atoms with Crippen molar-refractivity contribution in [1.29, 1.82) is 0 Å². The molecule has 0 aliphatic carbocycles. The first kappa shape index (κ1) is 26.2. The minimum absolute atomic E-state index is 0.0848. The molecule has 3 atom stereocenters. The number of nitrogens with zero attached hydrogens (tertiary/aromatic N) is 1. The molecule has 2 aromatic rings. The fourth-order valence-electron chi connectivity index (χ4n) is 4.59. The number of aliphatic hydroxyl groups is 1. The number of Topliss-reactive ketones (excluding diaryl/α,β-unsaturated/α-hetero) is 1. The Kier molecular flexibility index (Phi) is 8.87.